The first-order chi connectivity index (χ1) is 6.25. The van der Waals surface area contributed by atoms with Gasteiger partial charge in [-0.05, 0) is 18.8 Å². The summed E-state index contributed by atoms with van der Waals surface area (Å²) in [6.45, 7) is 3.67. The third-order valence-electron chi connectivity index (χ3n) is 2.52. The van der Waals surface area contributed by atoms with Crippen molar-refractivity contribution in [3.05, 3.63) is 12.2 Å². The van der Waals surface area contributed by atoms with Crippen molar-refractivity contribution in [3.63, 3.8) is 0 Å². The van der Waals surface area contributed by atoms with Crippen LogP contribution in [-0.2, 0) is 9.59 Å². The molecule has 1 saturated carbocycles. The minimum absolute atomic E-state index is 0.235. The van der Waals surface area contributed by atoms with Crippen LogP contribution in [0.5, 0.6) is 0 Å². The number of carbonyl (C=O) groups is 1. The van der Waals surface area contributed by atoms with Crippen molar-refractivity contribution in [1.29, 1.82) is 0 Å². The molecule has 0 aromatic rings. The number of nitrogens with zero attached hydrogens (tertiary/aromatic N) is 1. The largest absolute Gasteiger partial charge is 0.283 e. The molecule has 0 unspecified atom stereocenters. The Morgan fingerprint density at radius 1 is 1.31 bits per heavy atom. The predicted molar refractivity (Wildman–Crippen MR) is 48.8 cm³/mol. The van der Waals surface area contributed by atoms with Crippen LogP contribution < -0.4 is 0 Å². The average Bonchev–Trinajstić information content (AvgIpc) is 2.18. The summed E-state index contributed by atoms with van der Waals surface area (Å²) in [6.07, 6.45) is 6.76. The Labute approximate surface area is 77.5 Å². The summed E-state index contributed by atoms with van der Waals surface area (Å²) in [5, 5.41) is 0. The molecule has 3 nitrogen and oxygen atoms in total. The maximum absolute atomic E-state index is 11.1. The SMILES string of the molecule is C=C(C(=O)N=C=O)C1CCCCC1. The third-order valence-corrected chi connectivity index (χ3v) is 2.52. The Morgan fingerprint density at radius 3 is 2.46 bits per heavy atom. The van der Waals surface area contributed by atoms with Crippen LogP contribution in [0, 0.1) is 5.92 Å². The summed E-state index contributed by atoms with van der Waals surface area (Å²) >= 11 is 0. The second-order valence-electron chi connectivity index (χ2n) is 3.37. The van der Waals surface area contributed by atoms with E-state index in [-0.39, 0.29) is 5.92 Å². The number of rotatable bonds is 2. The zero-order valence-electron chi connectivity index (χ0n) is 7.58. The van der Waals surface area contributed by atoms with Crippen molar-refractivity contribution in [3.8, 4) is 0 Å². The molecule has 3 heteroatoms. The molecule has 1 aliphatic carbocycles. The lowest BCUT2D eigenvalue weighted by atomic mass is 9.84. The maximum atomic E-state index is 11.1. The second kappa shape index (κ2) is 4.73. The van der Waals surface area contributed by atoms with Gasteiger partial charge in [0.15, 0.2) is 0 Å². The minimum Gasteiger partial charge on any atom is -0.266 e. The molecule has 0 aromatic carbocycles. The van der Waals surface area contributed by atoms with Crippen molar-refractivity contribution < 1.29 is 9.59 Å². The van der Waals surface area contributed by atoms with Crippen molar-refractivity contribution in [2.45, 2.75) is 32.1 Å². The predicted octanol–water partition coefficient (Wildman–Crippen LogP) is 1.99. The molecule has 0 aliphatic heterocycles. The maximum Gasteiger partial charge on any atom is 0.283 e. The van der Waals surface area contributed by atoms with E-state index in [1.807, 2.05) is 0 Å². The smallest absolute Gasteiger partial charge is 0.266 e. The molecule has 13 heavy (non-hydrogen) atoms. The van der Waals surface area contributed by atoms with Crippen LogP contribution in [0.2, 0.25) is 0 Å². The van der Waals surface area contributed by atoms with Gasteiger partial charge < -0.3 is 0 Å². The van der Waals surface area contributed by atoms with Crippen LogP contribution in [0.25, 0.3) is 0 Å². The van der Waals surface area contributed by atoms with E-state index >= 15 is 0 Å². The van der Waals surface area contributed by atoms with Crippen LogP contribution in [0.1, 0.15) is 32.1 Å². The molecule has 0 spiro atoms. The highest BCUT2D eigenvalue weighted by atomic mass is 16.2. The van der Waals surface area contributed by atoms with Crippen molar-refractivity contribution in [2.75, 3.05) is 0 Å². The molecule has 0 atom stereocenters. The van der Waals surface area contributed by atoms with Gasteiger partial charge >= 0.3 is 0 Å². The van der Waals surface area contributed by atoms with E-state index < -0.39 is 5.91 Å². The van der Waals surface area contributed by atoms with Crippen LogP contribution in [0.15, 0.2) is 17.1 Å². The van der Waals surface area contributed by atoms with Crippen molar-refractivity contribution >= 4 is 12.0 Å². The summed E-state index contributed by atoms with van der Waals surface area (Å²) < 4.78 is 0. The second-order valence-corrected chi connectivity index (χ2v) is 3.37. The highest BCUT2D eigenvalue weighted by Gasteiger charge is 2.20. The van der Waals surface area contributed by atoms with Gasteiger partial charge in [-0.25, -0.2) is 4.79 Å². The quantitative estimate of drug-likeness (QED) is 0.369. The molecule has 1 aliphatic rings. The fraction of sp³-hybridized carbons (Fsp3) is 0.600. The molecule has 1 fully saturated rings. The molecule has 0 bridgehead atoms. The Kier molecular flexibility index (Phi) is 3.59. The molecule has 0 heterocycles. The first kappa shape index (κ1) is 9.87. The van der Waals surface area contributed by atoms with Crippen molar-refractivity contribution in [1.82, 2.24) is 0 Å². The van der Waals surface area contributed by atoms with E-state index in [1.165, 1.54) is 12.5 Å². The van der Waals surface area contributed by atoms with Crippen LogP contribution >= 0.6 is 0 Å². The van der Waals surface area contributed by atoms with Gasteiger partial charge in [-0.15, -0.1) is 4.99 Å². The van der Waals surface area contributed by atoms with Gasteiger partial charge in [0.05, 0.1) is 0 Å². The lowest BCUT2D eigenvalue weighted by Crippen LogP contribution is -2.13. The molecule has 0 radical (unpaired) electrons. The summed E-state index contributed by atoms with van der Waals surface area (Å²) in [6, 6.07) is 0. The summed E-state index contributed by atoms with van der Waals surface area (Å²) in [7, 11) is 0. The number of hydrogen-bond acceptors (Lipinski definition) is 2. The zero-order valence-corrected chi connectivity index (χ0v) is 7.58. The highest BCUT2D eigenvalue weighted by Crippen LogP contribution is 2.29. The van der Waals surface area contributed by atoms with E-state index in [0.717, 1.165) is 25.7 Å². The minimum atomic E-state index is -0.498. The topological polar surface area (TPSA) is 46.5 Å². The van der Waals surface area contributed by atoms with Crippen LogP contribution in [-0.4, -0.2) is 12.0 Å². The van der Waals surface area contributed by atoms with Gasteiger partial charge in [-0.2, -0.15) is 0 Å². The van der Waals surface area contributed by atoms with Gasteiger partial charge in [0.2, 0.25) is 6.08 Å². The fourth-order valence-electron chi connectivity index (χ4n) is 1.74. The molecular weight excluding hydrogens is 166 g/mol. The number of aliphatic imine (C=N–C) groups is 1. The third kappa shape index (κ3) is 2.63. The number of carbonyl (C=O) groups excluding carboxylic acids is 2. The van der Waals surface area contributed by atoms with Crippen molar-refractivity contribution in [2.24, 2.45) is 10.9 Å². The van der Waals surface area contributed by atoms with E-state index in [2.05, 4.69) is 11.6 Å². The Balaban J connectivity index is 2.55. The van der Waals surface area contributed by atoms with Gasteiger partial charge in [0.1, 0.15) is 0 Å². The summed E-state index contributed by atoms with van der Waals surface area (Å²) in [5.74, 6) is -0.264. The Hall–Kier alpha value is -1.21. The van der Waals surface area contributed by atoms with Gasteiger partial charge in [0.25, 0.3) is 5.91 Å². The standard InChI is InChI=1S/C10H13NO2/c1-8(10(13)11-7-12)9-5-3-2-4-6-9/h9H,1-6H2. The number of isocyanates is 1. The Morgan fingerprint density at radius 2 is 1.92 bits per heavy atom. The lowest BCUT2D eigenvalue weighted by molar-refractivity contribution is -0.114. The number of hydrogen-bond donors (Lipinski definition) is 0. The summed E-state index contributed by atoms with van der Waals surface area (Å²) in [5.41, 5.74) is 0.475. The molecule has 1 rings (SSSR count). The van der Waals surface area contributed by atoms with E-state index in [1.54, 1.807) is 0 Å². The van der Waals surface area contributed by atoms with E-state index in [0.29, 0.717) is 5.57 Å². The van der Waals surface area contributed by atoms with Gasteiger partial charge in [-0.3, -0.25) is 4.79 Å². The van der Waals surface area contributed by atoms with Crippen LogP contribution in [0.4, 0.5) is 0 Å². The Bertz CT molecular complexity index is 258. The molecule has 0 N–H and O–H groups in total. The average molecular weight is 179 g/mol. The first-order valence-corrected chi connectivity index (χ1v) is 4.56. The lowest BCUT2D eigenvalue weighted by Gasteiger charge is -2.21. The van der Waals surface area contributed by atoms with E-state index in [4.69, 9.17) is 0 Å². The first-order valence-electron chi connectivity index (χ1n) is 4.56. The summed E-state index contributed by atoms with van der Waals surface area (Å²) in [4.78, 5) is 24.0. The molecular formula is C10H13NO2. The highest BCUT2D eigenvalue weighted by molar-refractivity contribution is 5.96. The molecule has 0 saturated heterocycles. The van der Waals surface area contributed by atoms with Gasteiger partial charge in [-0.1, -0.05) is 25.8 Å². The zero-order chi connectivity index (χ0) is 9.68. The monoisotopic (exact) mass is 179 g/mol. The molecule has 70 valence electrons. The molecule has 1 amide bonds. The molecule has 0 aromatic heterocycles. The van der Waals surface area contributed by atoms with E-state index in [9.17, 15) is 9.59 Å². The number of amides is 1. The fourth-order valence-corrected chi connectivity index (χ4v) is 1.74. The van der Waals surface area contributed by atoms with Gasteiger partial charge in [0, 0.05) is 5.57 Å². The normalized spacial score (nSPS) is 17.5. The van der Waals surface area contributed by atoms with Crippen LogP contribution in [0.3, 0.4) is 0 Å².